The highest BCUT2D eigenvalue weighted by Crippen LogP contribution is 2.13. The fourth-order valence-corrected chi connectivity index (χ4v) is 2.83. The van der Waals surface area contributed by atoms with E-state index in [1.807, 2.05) is 6.92 Å². The summed E-state index contributed by atoms with van der Waals surface area (Å²) >= 11 is 0. The number of carbonyl (C=O) groups excluding carboxylic acids is 1. The molecule has 0 saturated heterocycles. The van der Waals surface area contributed by atoms with E-state index in [0.717, 1.165) is 19.1 Å². The van der Waals surface area contributed by atoms with Crippen LogP contribution in [-0.2, 0) is 16.6 Å². The van der Waals surface area contributed by atoms with Crippen molar-refractivity contribution in [2.75, 3.05) is 19.3 Å². The summed E-state index contributed by atoms with van der Waals surface area (Å²) < 4.78 is 25.7. The quantitative estimate of drug-likeness (QED) is 0.660. The van der Waals surface area contributed by atoms with Crippen LogP contribution in [0.5, 0.6) is 0 Å². The Kier molecular flexibility index (Phi) is 6.27. The highest BCUT2D eigenvalue weighted by atomic mass is 32.2. The second-order valence-electron chi connectivity index (χ2n) is 5.70. The van der Waals surface area contributed by atoms with Crippen molar-refractivity contribution in [1.29, 1.82) is 0 Å². The number of amides is 1. The minimum atomic E-state index is -3.31. The smallest absolute Gasteiger partial charge is 0.274 e. The second kappa shape index (κ2) is 8.21. The normalized spacial score (nSPS) is 11.6. The van der Waals surface area contributed by atoms with Gasteiger partial charge in [0.15, 0.2) is 5.69 Å². The Morgan fingerprint density at radius 2 is 1.88 bits per heavy atom. The maximum absolute atomic E-state index is 12.5. The third-order valence-electron chi connectivity index (χ3n) is 3.58. The maximum Gasteiger partial charge on any atom is 0.274 e. The van der Waals surface area contributed by atoms with Crippen LogP contribution in [0.3, 0.4) is 0 Å². The van der Waals surface area contributed by atoms with E-state index in [-0.39, 0.29) is 24.3 Å². The lowest BCUT2D eigenvalue weighted by Crippen LogP contribution is -2.36. The monoisotopic (exact) mass is 366 g/mol. The van der Waals surface area contributed by atoms with Crippen LogP contribution in [-0.4, -0.2) is 43.5 Å². The number of sulfonamides is 1. The van der Waals surface area contributed by atoms with Crippen LogP contribution in [0.25, 0.3) is 10.8 Å². The molecule has 0 aliphatic rings. The molecule has 1 aromatic heterocycles. The molecule has 0 aliphatic carbocycles. The summed E-state index contributed by atoms with van der Waals surface area (Å²) in [6.45, 7) is 2.65. The number of hydrogen-bond donors (Lipinski definition) is 2. The molecule has 0 radical (unpaired) electrons. The van der Waals surface area contributed by atoms with Crippen LogP contribution in [0.2, 0.25) is 0 Å². The Labute approximate surface area is 146 Å². The fraction of sp³-hybridized carbons (Fsp3) is 0.438. The van der Waals surface area contributed by atoms with E-state index in [1.165, 1.54) is 4.68 Å². The Hall–Kier alpha value is -2.26. The van der Waals surface area contributed by atoms with Gasteiger partial charge in [-0.1, -0.05) is 31.5 Å². The molecule has 0 atom stereocenters. The van der Waals surface area contributed by atoms with Crippen molar-refractivity contribution in [2.45, 2.75) is 26.3 Å². The molecule has 0 spiro atoms. The Bertz CT molecular complexity index is 921. The van der Waals surface area contributed by atoms with Gasteiger partial charge in [-0.05, 0) is 12.5 Å². The molecule has 136 valence electrons. The molecule has 0 unspecified atom stereocenters. The third kappa shape index (κ3) is 5.10. The van der Waals surface area contributed by atoms with Gasteiger partial charge in [-0.15, -0.1) is 0 Å². The molecule has 25 heavy (non-hydrogen) atoms. The topological polar surface area (TPSA) is 110 Å². The number of nitrogens with one attached hydrogen (secondary N) is 2. The fourth-order valence-electron chi connectivity index (χ4n) is 2.36. The number of hydrogen-bond acceptors (Lipinski definition) is 5. The zero-order chi connectivity index (χ0) is 18.4. The van der Waals surface area contributed by atoms with Gasteiger partial charge in [0.1, 0.15) is 0 Å². The highest BCUT2D eigenvalue weighted by Gasteiger charge is 2.16. The molecule has 9 heteroatoms. The zero-order valence-corrected chi connectivity index (χ0v) is 15.1. The molecule has 1 amide bonds. The minimum absolute atomic E-state index is 0.0813. The van der Waals surface area contributed by atoms with Crippen molar-refractivity contribution in [1.82, 2.24) is 19.8 Å². The number of aromatic nitrogens is 2. The van der Waals surface area contributed by atoms with E-state index in [1.54, 1.807) is 24.3 Å². The molecule has 2 aromatic rings. The maximum atomic E-state index is 12.5. The number of aryl methyl sites for hydroxylation is 1. The number of fused-ring (bicyclic) bond motifs is 1. The van der Waals surface area contributed by atoms with Gasteiger partial charge >= 0.3 is 0 Å². The van der Waals surface area contributed by atoms with Crippen LogP contribution in [0.4, 0.5) is 0 Å². The molecule has 0 bridgehead atoms. The van der Waals surface area contributed by atoms with Crippen molar-refractivity contribution >= 4 is 26.7 Å². The Morgan fingerprint density at radius 1 is 1.20 bits per heavy atom. The van der Waals surface area contributed by atoms with Crippen LogP contribution in [0, 0.1) is 0 Å². The second-order valence-corrected chi connectivity index (χ2v) is 7.53. The average Bonchev–Trinajstić information content (AvgIpc) is 2.57. The SMILES string of the molecule is CCCCn1nc(C(=O)NCCNS(C)(=O)=O)c2ccccc2c1=O. The molecule has 0 aliphatic heterocycles. The molecule has 2 rings (SSSR count). The summed E-state index contributed by atoms with van der Waals surface area (Å²) in [6, 6.07) is 6.83. The molecule has 2 N–H and O–H groups in total. The van der Waals surface area contributed by atoms with Crippen LogP contribution in [0.15, 0.2) is 29.1 Å². The molecular formula is C16H22N4O4S. The highest BCUT2D eigenvalue weighted by molar-refractivity contribution is 7.88. The first-order chi connectivity index (χ1) is 11.8. The number of nitrogens with zero attached hydrogens (tertiary/aromatic N) is 2. The van der Waals surface area contributed by atoms with Crippen molar-refractivity contribution in [3.63, 3.8) is 0 Å². The molecule has 1 aromatic carbocycles. The van der Waals surface area contributed by atoms with Crippen molar-refractivity contribution < 1.29 is 13.2 Å². The van der Waals surface area contributed by atoms with Crippen molar-refractivity contribution in [2.24, 2.45) is 0 Å². The van der Waals surface area contributed by atoms with Gasteiger partial charge in [0.25, 0.3) is 11.5 Å². The molecule has 0 fully saturated rings. The number of rotatable bonds is 8. The van der Waals surface area contributed by atoms with Crippen LogP contribution in [0.1, 0.15) is 30.3 Å². The van der Waals surface area contributed by atoms with Gasteiger partial charge in [0, 0.05) is 25.0 Å². The molecule has 0 saturated carbocycles. The van der Waals surface area contributed by atoms with Gasteiger partial charge < -0.3 is 5.32 Å². The van der Waals surface area contributed by atoms with E-state index in [2.05, 4.69) is 15.1 Å². The van der Waals surface area contributed by atoms with Gasteiger partial charge in [-0.2, -0.15) is 5.10 Å². The lowest BCUT2D eigenvalue weighted by molar-refractivity contribution is 0.0948. The van der Waals surface area contributed by atoms with E-state index in [4.69, 9.17) is 0 Å². The van der Waals surface area contributed by atoms with E-state index in [0.29, 0.717) is 17.3 Å². The number of benzene rings is 1. The van der Waals surface area contributed by atoms with Gasteiger partial charge in [0.2, 0.25) is 10.0 Å². The van der Waals surface area contributed by atoms with Crippen molar-refractivity contribution in [3.8, 4) is 0 Å². The summed E-state index contributed by atoms with van der Waals surface area (Å²) in [7, 11) is -3.31. The predicted octanol–water partition coefficient (Wildman–Crippen LogP) is 0.476. The molecule has 1 heterocycles. The Balaban J connectivity index is 2.27. The summed E-state index contributed by atoms with van der Waals surface area (Å²) in [5, 5.41) is 7.76. The standard InChI is InChI=1S/C16H22N4O4S/c1-3-4-11-20-16(22)13-8-6-5-7-12(13)14(19-20)15(21)17-9-10-18-25(2,23)24/h5-8,18H,3-4,9-11H2,1-2H3,(H,17,21). The lowest BCUT2D eigenvalue weighted by Gasteiger charge is -2.11. The van der Waals surface area contributed by atoms with Crippen LogP contribution >= 0.6 is 0 Å². The molecular weight excluding hydrogens is 344 g/mol. The summed E-state index contributed by atoms with van der Waals surface area (Å²) in [4.78, 5) is 24.9. The largest absolute Gasteiger partial charge is 0.349 e. The van der Waals surface area contributed by atoms with Crippen LogP contribution < -0.4 is 15.6 Å². The van der Waals surface area contributed by atoms with Crippen molar-refractivity contribution in [3.05, 3.63) is 40.3 Å². The molecule has 8 nitrogen and oxygen atoms in total. The van der Waals surface area contributed by atoms with Gasteiger partial charge in [-0.3, -0.25) is 9.59 Å². The van der Waals surface area contributed by atoms with E-state index < -0.39 is 15.9 Å². The first-order valence-electron chi connectivity index (χ1n) is 8.06. The first kappa shape index (κ1) is 19.1. The average molecular weight is 366 g/mol. The zero-order valence-electron chi connectivity index (χ0n) is 14.3. The lowest BCUT2D eigenvalue weighted by atomic mass is 10.1. The number of carbonyl (C=O) groups is 1. The van der Waals surface area contributed by atoms with Gasteiger partial charge in [-0.25, -0.2) is 17.8 Å². The van der Waals surface area contributed by atoms with E-state index in [9.17, 15) is 18.0 Å². The first-order valence-corrected chi connectivity index (χ1v) is 9.95. The summed E-state index contributed by atoms with van der Waals surface area (Å²) in [6.07, 6.45) is 2.73. The Morgan fingerprint density at radius 3 is 2.52 bits per heavy atom. The summed E-state index contributed by atoms with van der Waals surface area (Å²) in [5.41, 5.74) is -0.0648. The summed E-state index contributed by atoms with van der Waals surface area (Å²) in [5.74, 6) is -0.447. The van der Waals surface area contributed by atoms with E-state index >= 15 is 0 Å². The predicted molar refractivity (Wildman–Crippen MR) is 96.1 cm³/mol. The number of unbranched alkanes of at least 4 members (excludes halogenated alkanes) is 1. The van der Waals surface area contributed by atoms with Gasteiger partial charge in [0.05, 0.1) is 11.6 Å². The minimum Gasteiger partial charge on any atom is -0.349 e. The third-order valence-corrected chi connectivity index (χ3v) is 4.31.